The largest absolute Gasteiger partial charge is 0.330 e. The zero-order chi connectivity index (χ0) is 11.4. The highest BCUT2D eigenvalue weighted by Crippen LogP contribution is 2.19. The van der Waals surface area contributed by atoms with E-state index in [2.05, 4.69) is 36.1 Å². The van der Waals surface area contributed by atoms with Crippen LogP contribution >= 0.6 is 0 Å². The average Bonchev–Trinajstić information content (AvgIpc) is 2.80. The summed E-state index contributed by atoms with van der Waals surface area (Å²) in [5.41, 5.74) is 8.60. The normalized spacial score (nSPS) is 18.9. The van der Waals surface area contributed by atoms with Gasteiger partial charge in [0.25, 0.3) is 0 Å². The summed E-state index contributed by atoms with van der Waals surface area (Å²) in [6.45, 7) is 6.51. The van der Waals surface area contributed by atoms with Gasteiger partial charge in [-0.3, -0.25) is 0 Å². The van der Waals surface area contributed by atoms with Crippen molar-refractivity contribution >= 4 is 0 Å². The second-order valence-electron chi connectivity index (χ2n) is 4.85. The SMILES string of the molecule is Cc1ccc(C(CN)CN2CCCC2)cc1. The van der Waals surface area contributed by atoms with Crippen LogP contribution in [0.15, 0.2) is 24.3 Å². The summed E-state index contributed by atoms with van der Waals surface area (Å²) in [7, 11) is 0. The van der Waals surface area contributed by atoms with Gasteiger partial charge in [0.05, 0.1) is 0 Å². The molecule has 0 aromatic heterocycles. The van der Waals surface area contributed by atoms with Crippen molar-refractivity contribution < 1.29 is 0 Å². The maximum atomic E-state index is 5.89. The first-order valence-corrected chi connectivity index (χ1v) is 6.28. The lowest BCUT2D eigenvalue weighted by Gasteiger charge is -2.22. The first-order chi connectivity index (χ1) is 7.79. The summed E-state index contributed by atoms with van der Waals surface area (Å²) in [5, 5.41) is 0. The molecular formula is C14H22N2. The van der Waals surface area contributed by atoms with Crippen LogP contribution in [-0.4, -0.2) is 31.1 Å². The van der Waals surface area contributed by atoms with E-state index >= 15 is 0 Å². The van der Waals surface area contributed by atoms with Crippen LogP contribution in [0.1, 0.15) is 29.9 Å². The van der Waals surface area contributed by atoms with Crippen LogP contribution in [-0.2, 0) is 0 Å². The van der Waals surface area contributed by atoms with E-state index in [9.17, 15) is 0 Å². The zero-order valence-corrected chi connectivity index (χ0v) is 10.2. The minimum atomic E-state index is 0.499. The Bertz CT molecular complexity index is 312. The molecule has 2 N–H and O–H groups in total. The lowest BCUT2D eigenvalue weighted by molar-refractivity contribution is 0.315. The van der Waals surface area contributed by atoms with Crippen LogP contribution in [0.4, 0.5) is 0 Å². The van der Waals surface area contributed by atoms with Crippen molar-refractivity contribution in [3.8, 4) is 0 Å². The van der Waals surface area contributed by atoms with E-state index in [4.69, 9.17) is 5.73 Å². The van der Waals surface area contributed by atoms with E-state index in [1.165, 1.54) is 37.1 Å². The molecule has 2 heteroatoms. The van der Waals surface area contributed by atoms with Gasteiger partial charge in [0, 0.05) is 19.0 Å². The fourth-order valence-corrected chi connectivity index (χ4v) is 2.43. The molecule has 1 saturated heterocycles. The molecule has 1 aliphatic rings. The molecule has 2 rings (SSSR count). The van der Waals surface area contributed by atoms with Crippen molar-refractivity contribution in [1.29, 1.82) is 0 Å². The summed E-state index contributed by atoms with van der Waals surface area (Å²) in [6, 6.07) is 8.82. The first-order valence-electron chi connectivity index (χ1n) is 6.28. The molecule has 0 aliphatic carbocycles. The minimum absolute atomic E-state index is 0.499. The molecule has 1 fully saturated rings. The maximum absolute atomic E-state index is 5.89. The molecule has 1 unspecified atom stereocenters. The van der Waals surface area contributed by atoms with E-state index < -0.39 is 0 Å². The van der Waals surface area contributed by atoms with Gasteiger partial charge in [-0.05, 0) is 38.4 Å². The quantitative estimate of drug-likeness (QED) is 0.839. The summed E-state index contributed by atoms with van der Waals surface area (Å²) in [5.74, 6) is 0.499. The van der Waals surface area contributed by atoms with Crippen LogP contribution in [0.2, 0.25) is 0 Å². The fourth-order valence-electron chi connectivity index (χ4n) is 2.43. The highest BCUT2D eigenvalue weighted by Gasteiger charge is 2.17. The van der Waals surface area contributed by atoms with Crippen molar-refractivity contribution in [2.24, 2.45) is 5.73 Å². The molecule has 16 heavy (non-hydrogen) atoms. The van der Waals surface area contributed by atoms with Gasteiger partial charge in [-0.2, -0.15) is 0 Å². The molecule has 0 amide bonds. The van der Waals surface area contributed by atoms with Crippen molar-refractivity contribution in [3.63, 3.8) is 0 Å². The summed E-state index contributed by atoms with van der Waals surface area (Å²) < 4.78 is 0. The monoisotopic (exact) mass is 218 g/mol. The van der Waals surface area contributed by atoms with Gasteiger partial charge in [0.2, 0.25) is 0 Å². The number of nitrogens with zero attached hydrogens (tertiary/aromatic N) is 1. The number of aryl methyl sites for hydroxylation is 1. The number of likely N-dealkylation sites (tertiary alicyclic amines) is 1. The lowest BCUT2D eigenvalue weighted by Crippen LogP contribution is -2.29. The Kier molecular flexibility index (Phi) is 3.97. The molecular weight excluding hydrogens is 196 g/mol. The molecule has 0 saturated carbocycles. The molecule has 1 atom stereocenters. The predicted octanol–water partition coefficient (Wildman–Crippen LogP) is 2.13. The second kappa shape index (κ2) is 5.46. The van der Waals surface area contributed by atoms with E-state index in [-0.39, 0.29) is 0 Å². The Labute approximate surface area is 98.4 Å². The summed E-state index contributed by atoms with van der Waals surface area (Å²) >= 11 is 0. The second-order valence-corrected chi connectivity index (χ2v) is 4.85. The van der Waals surface area contributed by atoms with Gasteiger partial charge in [-0.15, -0.1) is 0 Å². The molecule has 0 spiro atoms. The van der Waals surface area contributed by atoms with Crippen molar-refractivity contribution in [2.45, 2.75) is 25.7 Å². The summed E-state index contributed by atoms with van der Waals surface area (Å²) in [6.07, 6.45) is 2.70. The molecule has 0 radical (unpaired) electrons. The van der Waals surface area contributed by atoms with Crippen LogP contribution in [0.3, 0.4) is 0 Å². The minimum Gasteiger partial charge on any atom is -0.330 e. The topological polar surface area (TPSA) is 29.3 Å². The van der Waals surface area contributed by atoms with E-state index in [0.717, 1.165) is 13.1 Å². The number of rotatable bonds is 4. The van der Waals surface area contributed by atoms with Gasteiger partial charge >= 0.3 is 0 Å². The molecule has 1 aliphatic heterocycles. The van der Waals surface area contributed by atoms with E-state index in [1.54, 1.807) is 0 Å². The molecule has 1 aromatic rings. The van der Waals surface area contributed by atoms with Crippen LogP contribution in [0.25, 0.3) is 0 Å². The Morgan fingerprint density at radius 1 is 1.19 bits per heavy atom. The Hall–Kier alpha value is -0.860. The van der Waals surface area contributed by atoms with Gasteiger partial charge in [0.15, 0.2) is 0 Å². The molecule has 0 bridgehead atoms. The standard InChI is InChI=1S/C14H22N2/c1-12-4-6-13(7-5-12)14(10-15)11-16-8-2-3-9-16/h4-7,14H,2-3,8-11,15H2,1H3. The predicted molar refractivity (Wildman–Crippen MR) is 68.6 cm³/mol. The van der Waals surface area contributed by atoms with Gasteiger partial charge < -0.3 is 10.6 Å². The Balaban J connectivity index is 2.00. The van der Waals surface area contributed by atoms with Gasteiger partial charge in [-0.1, -0.05) is 29.8 Å². The van der Waals surface area contributed by atoms with Crippen LogP contribution < -0.4 is 5.73 Å². The average molecular weight is 218 g/mol. The third-order valence-corrected chi connectivity index (χ3v) is 3.51. The highest BCUT2D eigenvalue weighted by molar-refractivity contribution is 5.25. The van der Waals surface area contributed by atoms with Gasteiger partial charge in [0.1, 0.15) is 0 Å². The molecule has 2 nitrogen and oxygen atoms in total. The Morgan fingerprint density at radius 2 is 1.81 bits per heavy atom. The van der Waals surface area contributed by atoms with Crippen LogP contribution in [0, 0.1) is 6.92 Å². The Morgan fingerprint density at radius 3 is 2.38 bits per heavy atom. The molecule has 88 valence electrons. The molecule has 1 heterocycles. The van der Waals surface area contributed by atoms with Crippen molar-refractivity contribution in [1.82, 2.24) is 4.90 Å². The maximum Gasteiger partial charge on any atom is 0.00888 e. The first kappa shape index (κ1) is 11.6. The third-order valence-electron chi connectivity index (χ3n) is 3.51. The number of benzene rings is 1. The van der Waals surface area contributed by atoms with Crippen LogP contribution in [0.5, 0.6) is 0 Å². The van der Waals surface area contributed by atoms with E-state index in [0.29, 0.717) is 5.92 Å². The fraction of sp³-hybridized carbons (Fsp3) is 0.571. The molecule has 1 aromatic carbocycles. The van der Waals surface area contributed by atoms with Crippen molar-refractivity contribution in [3.05, 3.63) is 35.4 Å². The van der Waals surface area contributed by atoms with E-state index in [1.807, 2.05) is 0 Å². The smallest absolute Gasteiger partial charge is 0.00888 e. The number of hydrogen-bond donors (Lipinski definition) is 1. The summed E-state index contributed by atoms with van der Waals surface area (Å²) in [4.78, 5) is 2.54. The zero-order valence-electron chi connectivity index (χ0n) is 10.2. The van der Waals surface area contributed by atoms with Crippen molar-refractivity contribution in [2.75, 3.05) is 26.2 Å². The lowest BCUT2D eigenvalue weighted by atomic mass is 9.98. The highest BCUT2D eigenvalue weighted by atomic mass is 15.1. The van der Waals surface area contributed by atoms with Gasteiger partial charge in [-0.25, -0.2) is 0 Å². The third kappa shape index (κ3) is 2.83. The number of nitrogens with two attached hydrogens (primary N) is 1. The number of hydrogen-bond acceptors (Lipinski definition) is 2.